The van der Waals surface area contributed by atoms with E-state index in [9.17, 15) is 14.5 Å². The molecule has 2 rings (SSSR count). The van der Waals surface area contributed by atoms with Crippen molar-refractivity contribution < 1.29 is 9.31 Å². The van der Waals surface area contributed by atoms with E-state index < -0.39 is 4.92 Å². The zero-order valence-corrected chi connectivity index (χ0v) is 12.4. The Hall–Kier alpha value is -2.44. The van der Waals surface area contributed by atoms with Crippen molar-refractivity contribution in [3.05, 3.63) is 50.6 Å². The second-order valence-corrected chi connectivity index (χ2v) is 5.04. The molecule has 0 radical (unpaired) electrons. The number of benzene rings is 1. The predicted octanol–water partition coefficient (Wildman–Crippen LogP) is 3.00. The van der Waals surface area contributed by atoms with Crippen LogP contribution in [-0.2, 0) is 13.6 Å². The molecule has 0 atom stereocenters. The van der Waals surface area contributed by atoms with Crippen LogP contribution in [0, 0.1) is 36.7 Å². The third kappa shape index (κ3) is 2.86. The van der Waals surface area contributed by atoms with Crippen LogP contribution in [0.3, 0.4) is 0 Å². The highest BCUT2D eigenvalue weighted by Crippen LogP contribution is 2.24. The summed E-state index contributed by atoms with van der Waals surface area (Å²) in [7, 11) is 1.71. The van der Waals surface area contributed by atoms with E-state index in [0.717, 1.165) is 5.56 Å². The van der Waals surface area contributed by atoms with E-state index in [2.05, 4.69) is 10.3 Å². The summed E-state index contributed by atoms with van der Waals surface area (Å²) in [6.45, 7) is 5.46. The van der Waals surface area contributed by atoms with E-state index in [4.69, 9.17) is 0 Å². The van der Waals surface area contributed by atoms with Gasteiger partial charge in [0, 0.05) is 20.5 Å². The second-order valence-electron chi connectivity index (χ2n) is 5.04. The maximum absolute atomic E-state index is 13.6. The maximum atomic E-state index is 13.6. The number of halogens is 1. The quantitative estimate of drug-likeness (QED) is 0.694. The first-order chi connectivity index (χ1) is 9.81. The molecular formula is C14H17FN4O2. The van der Waals surface area contributed by atoms with E-state index in [1.54, 1.807) is 44.5 Å². The van der Waals surface area contributed by atoms with Gasteiger partial charge in [0.05, 0.1) is 0 Å². The summed E-state index contributed by atoms with van der Waals surface area (Å²) < 4.78 is 15.2. The zero-order valence-electron chi connectivity index (χ0n) is 12.4. The number of nitrogens with one attached hydrogen (secondary N) is 1. The van der Waals surface area contributed by atoms with Gasteiger partial charge in [0.15, 0.2) is 0 Å². The van der Waals surface area contributed by atoms with Crippen LogP contribution in [-0.4, -0.2) is 14.5 Å². The molecule has 0 saturated heterocycles. The Morgan fingerprint density at radius 2 is 1.90 bits per heavy atom. The molecule has 0 aliphatic rings. The number of hydrogen-bond acceptors (Lipinski definition) is 4. The lowest BCUT2D eigenvalue weighted by Crippen LogP contribution is -2.07. The Kier molecular flexibility index (Phi) is 3.93. The van der Waals surface area contributed by atoms with Crippen LogP contribution in [0.1, 0.15) is 22.5 Å². The molecule has 0 aliphatic heterocycles. The van der Waals surface area contributed by atoms with Crippen molar-refractivity contribution >= 4 is 11.6 Å². The van der Waals surface area contributed by atoms with Gasteiger partial charge < -0.3 is 15.4 Å². The van der Waals surface area contributed by atoms with Crippen LogP contribution in [0.4, 0.5) is 16.0 Å². The standard InChI is InChI=1S/C14H17FN4O2/c1-8-5-11(6-9(2)12(8)15)7-16-13-14(19(20)21)17-10(3)18(13)4/h5-6,16H,7H2,1-4H3. The Labute approximate surface area is 121 Å². The topological polar surface area (TPSA) is 73.0 Å². The minimum Gasteiger partial charge on any atom is -0.360 e. The molecule has 0 unspecified atom stereocenters. The van der Waals surface area contributed by atoms with Crippen molar-refractivity contribution in [3.8, 4) is 0 Å². The highest BCUT2D eigenvalue weighted by molar-refractivity contribution is 5.53. The van der Waals surface area contributed by atoms with Gasteiger partial charge in [-0.25, -0.2) is 4.39 Å². The van der Waals surface area contributed by atoms with Crippen molar-refractivity contribution in [2.45, 2.75) is 27.3 Å². The molecule has 1 heterocycles. The second kappa shape index (κ2) is 5.51. The third-order valence-corrected chi connectivity index (χ3v) is 3.43. The van der Waals surface area contributed by atoms with E-state index in [1.807, 2.05) is 0 Å². The average Bonchev–Trinajstić information content (AvgIpc) is 2.70. The highest BCUT2D eigenvalue weighted by Gasteiger charge is 2.23. The molecule has 0 saturated carbocycles. The minimum absolute atomic E-state index is 0.203. The molecule has 21 heavy (non-hydrogen) atoms. The fourth-order valence-corrected chi connectivity index (χ4v) is 2.24. The molecule has 112 valence electrons. The smallest absolute Gasteiger partial charge is 0.360 e. The molecule has 0 bridgehead atoms. The lowest BCUT2D eigenvalue weighted by atomic mass is 10.1. The lowest BCUT2D eigenvalue weighted by Gasteiger charge is -2.09. The molecule has 0 spiro atoms. The number of anilines is 1. The number of aromatic nitrogens is 2. The van der Waals surface area contributed by atoms with Crippen LogP contribution in [0.15, 0.2) is 12.1 Å². The molecule has 0 aliphatic carbocycles. The molecule has 7 heteroatoms. The van der Waals surface area contributed by atoms with Gasteiger partial charge in [-0.1, -0.05) is 12.1 Å². The highest BCUT2D eigenvalue weighted by atomic mass is 19.1. The Morgan fingerprint density at radius 3 is 2.43 bits per heavy atom. The van der Waals surface area contributed by atoms with E-state index >= 15 is 0 Å². The maximum Gasteiger partial charge on any atom is 0.406 e. The van der Waals surface area contributed by atoms with Gasteiger partial charge in [-0.2, -0.15) is 0 Å². The Morgan fingerprint density at radius 1 is 1.33 bits per heavy atom. The van der Waals surface area contributed by atoms with Crippen molar-refractivity contribution in [2.75, 3.05) is 5.32 Å². The average molecular weight is 292 g/mol. The SMILES string of the molecule is Cc1cc(CNc2c([N+](=O)[O-])nc(C)n2C)cc(C)c1F. The molecule has 1 aromatic carbocycles. The number of aryl methyl sites for hydroxylation is 3. The van der Waals surface area contributed by atoms with Gasteiger partial charge in [0.1, 0.15) is 5.82 Å². The lowest BCUT2D eigenvalue weighted by molar-refractivity contribution is -0.388. The number of rotatable bonds is 4. The van der Waals surface area contributed by atoms with Crippen molar-refractivity contribution in [3.63, 3.8) is 0 Å². The number of nitro groups is 1. The summed E-state index contributed by atoms with van der Waals surface area (Å²) in [4.78, 5) is 14.4. The predicted molar refractivity (Wildman–Crippen MR) is 77.8 cm³/mol. The molecule has 2 aromatic rings. The molecule has 0 amide bonds. The van der Waals surface area contributed by atoms with Gasteiger partial charge in [-0.3, -0.25) is 4.57 Å². The van der Waals surface area contributed by atoms with Crippen molar-refractivity contribution in [1.29, 1.82) is 0 Å². The van der Waals surface area contributed by atoms with Gasteiger partial charge in [-0.05, 0) is 40.4 Å². The first-order valence-corrected chi connectivity index (χ1v) is 6.48. The fourth-order valence-electron chi connectivity index (χ4n) is 2.24. The van der Waals surface area contributed by atoms with Crippen molar-refractivity contribution in [2.24, 2.45) is 7.05 Å². The summed E-state index contributed by atoms with van der Waals surface area (Å²) in [5.41, 5.74) is 1.98. The molecule has 1 aromatic heterocycles. The van der Waals surface area contributed by atoms with Crippen molar-refractivity contribution in [1.82, 2.24) is 9.55 Å². The molecule has 6 nitrogen and oxygen atoms in total. The Balaban J connectivity index is 2.26. The van der Waals surface area contributed by atoms with Crippen LogP contribution >= 0.6 is 0 Å². The Bertz CT molecular complexity index is 686. The number of hydrogen-bond donors (Lipinski definition) is 1. The summed E-state index contributed by atoms with van der Waals surface area (Å²) >= 11 is 0. The minimum atomic E-state index is -0.517. The zero-order chi connectivity index (χ0) is 15.7. The first kappa shape index (κ1) is 15.0. The monoisotopic (exact) mass is 292 g/mol. The first-order valence-electron chi connectivity index (χ1n) is 6.48. The van der Waals surface area contributed by atoms with Gasteiger partial charge in [0.25, 0.3) is 0 Å². The normalized spacial score (nSPS) is 10.7. The van der Waals surface area contributed by atoms with Gasteiger partial charge >= 0.3 is 5.82 Å². The summed E-state index contributed by atoms with van der Waals surface area (Å²) in [6, 6.07) is 3.45. The van der Waals surface area contributed by atoms with E-state index in [-0.39, 0.29) is 11.6 Å². The van der Waals surface area contributed by atoms with Gasteiger partial charge in [-0.15, -0.1) is 0 Å². The van der Waals surface area contributed by atoms with Crippen LogP contribution < -0.4 is 5.32 Å². The largest absolute Gasteiger partial charge is 0.406 e. The van der Waals surface area contributed by atoms with E-state index in [1.165, 1.54) is 0 Å². The third-order valence-electron chi connectivity index (χ3n) is 3.43. The van der Waals surface area contributed by atoms with Crippen LogP contribution in [0.5, 0.6) is 0 Å². The van der Waals surface area contributed by atoms with Crippen LogP contribution in [0.2, 0.25) is 0 Å². The molecule has 1 N–H and O–H groups in total. The fraction of sp³-hybridized carbons (Fsp3) is 0.357. The van der Waals surface area contributed by atoms with Crippen LogP contribution in [0.25, 0.3) is 0 Å². The summed E-state index contributed by atoms with van der Waals surface area (Å²) in [6.07, 6.45) is 0. The number of nitrogens with zero attached hydrogens (tertiary/aromatic N) is 3. The molecule has 0 fully saturated rings. The molecular weight excluding hydrogens is 275 g/mol. The summed E-state index contributed by atoms with van der Waals surface area (Å²) in [5, 5.41) is 14.0. The van der Waals surface area contributed by atoms with Gasteiger partial charge in [0.2, 0.25) is 11.6 Å². The van der Waals surface area contributed by atoms with E-state index in [0.29, 0.717) is 29.3 Å². The summed E-state index contributed by atoms with van der Waals surface area (Å²) in [5.74, 6) is 0.472. The number of imidazole rings is 1.